The van der Waals surface area contributed by atoms with Gasteiger partial charge in [0.2, 0.25) is 0 Å². The Balaban J connectivity index is 2.24. The van der Waals surface area contributed by atoms with Crippen LogP contribution in [0.5, 0.6) is 5.75 Å². The summed E-state index contributed by atoms with van der Waals surface area (Å²) in [4.78, 5) is 18.0. The van der Waals surface area contributed by atoms with Crippen molar-refractivity contribution in [3.05, 3.63) is 30.0 Å². The SMILES string of the molecule is CCCC(CCC)C(=O)Oc1cccc2[nH]cc(CCN(C)C)c12. The van der Waals surface area contributed by atoms with Crippen LogP contribution in [0.4, 0.5) is 0 Å². The standard InChI is InChI=1S/C20H30N2O2/c1-5-8-15(9-6-2)20(23)24-18-11-7-10-17-19(18)16(14-21-17)12-13-22(3)4/h7,10-11,14-15,21H,5-6,8-9,12-13H2,1-4H3. The van der Waals surface area contributed by atoms with Crippen LogP contribution in [0.2, 0.25) is 0 Å². The molecule has 4 nitrogen and oxygen atoms in total. The minimum absolute atomic E-state index is 0.000534. The van der Waals surface area contributed by atoms with Gasteiger partial charge in [-0.3, -0.25) is 4.79 Å². The number of esters is 1. The molecule has 0 saturated carbocycles. The van der Waals surface area contributed by atoms with Crippen molar-refractivity contribution in [2.75, 3.05) is 20.6 Å². The first-order valence-corrected chi connectivity index (χ1v) is 9.02. The maximum Gasteiger partial charge on any atom is 0.314 e. The predicted octanol–water partition coefficient (Wildman–Crippen LogP) is 4.39. The fraction of sp³-hybridized carbons (Fsp3) is 0.550. The second-order valence-corrected chi connectivity index (χ2v) is 6.74. The molecule has 24 heavy (non-hydrogen) atoms. The lowest BCUT2D eigenvalue weighted by molar-refractivity contribution is -0.139. The third kappa shape index (κ3) is 4.60. The van der Waals surface area contributed by atoms with Crippen LogP contribution >= 0.6 is 0 Å². The Morgan fingerprint density at radius 2 is 1.92 bits per heavy atom. The maximum absolute atomic E-state index is 12.6. The molecule has 2 rings (SSSR count). The van der Waals surface area contributed by atoms with Crippen LogP contribution in [0.1, 0.15) is 45.1 Å². The molecule has 0 saturated heterocycles. The lowest BCUT2D eigenvalue weighted by atomic mass is 9.98. The van der Waals surface area contributed by atoms with Crippen molar-refractivity contribution in [2.24, 2.45) is 5.92 Å². The van der Waals surface area contributed by atoms with Crippen LogP contribution < -0.4 is 4.74 Å². The predicted molar refractivity (Wildman–Crippen MR) is 99.5 cm³/mol. The average molecular weight is 330 g/mol. The van der Waals surface area contributed by atoms with E-state index >= 15 is 0 Å². The summed E-state index contributed by atoms with van der Waals surface area (Å²) in [5, 5.41) is 1.04. The van der Waals surface area contributed by atoms with Crippen molar-refractivity contribution < 1.29 is 9.53 Å². The number of benzene rings is 1. The number of hydrogen-bond donors (Lipinski definition) is 1. The number of likely N-dealkylation sites (N-methyl/N-ethyl adjacent to an activating group) is 1. The third-order valence-corrected chi connectivity index (χ3v) is 4.40. The largest absolute Gasteiger partial charge is 0.426 e. The minimum atomic E-state index is -0.0917. The number of fused-ring (bicyclic) bond motifs is 1. The number of ether oxygens (including phenoxy) is 1. The van der Waals surface area contributed by atoms with Gasteiger partial charge in [-0.1, -0.05) is 32.8 Å². The number of H-pyrrole nitrogens is 1. The average Bonchev–Trinajstić information content (AvgIpc) is 2.97. The summed E-state index contributed by atoms with van der Waals surface area (Å²) in [6, 6.07) is 5.87. The molecule has 0 radical (unpaired) electrons. The fourth-order valence-electron chi connectivity index (χ4n) is 3.11. The van der Waals surface area contributed by atoms with E-state index in [-0.39, 0.29) is 11.9 Å². The lowest BCUT2D eigenvalue weighted by Gasteiger charge is -2.15. The Kier molecular flexibility index (Phi) is 6.85. The highest BCUT2D eigenvalue weighted by Crippen LogP contribution is 2.30. The first-order valence-electron chi connectivity index (χ1n) is 9.02. The number of nitrogens with zero attached hydrogens (tertiary/aromatic N) is 1. The maximum atomic E-state index is 12.6. The molecule has 132 valence electrons. The molecule has 0 aliphatic rings. The highest BCUT2D eigenvalue weighted by atomic mass is 16.5. The molecule has 0 atom stereocenters. The van der Waals surface area contributed by atoms with E-state index in [1.165, 1.54) is 5.56 Å². The van der Waals surface area contributed by atoms with E-state index in [4.69, 9.17) is 4.74 Å². The van der Waals surface area contributed by atoms with E-state index in [1.54, 1.807) is 0 Å². The number of carbonyl (C=O) groups is 1. The van der Waals surface area contributed by atoms with Gasteiger partial charge in [0.15, 0.2) is 0 Å². The van der Waals surface area contributed by atoms with E-state index in [1.807, 2.05) is 24.4 Å². The summed E-state index contributed by atoms with van der Waals surface area (Å²) >= 11 is 0. The van der Waals surface area contributed by atoms with Crippen molar-refractivity contribution in [1.29, 1.82) is 0 Å². The lowest BCUT2D eigenvalue weighted by Crippen LogP contribution is -2.20. The molecule has 1 aromatic carbocycles. The molecule has 0 amide bonds. The molecule has 2 aromatic rings. The molecular weight excluding hydrogens is 300 g/mol. The van der Waals surface area contributed by atoms with Gasteiger partial charge in [0.1, 0.15) is 5.75 Å². The molecule has 4 heteroatoms. The molecule has 0 aliphatic heterocycles. The fourth-order valence-corrected chi connectivity index (χ4v) is 3.11. The first kappa shape index (κ1) is 18.5. The molecule has 0 bridgehead atoms. The molecule has 0 fully saturated rings. The van der Waals surface area contributed by atoms with E-state index in [0.29, 0.717) is 5.75 Å². The van der Waals surface area contributed by atoms with Gasteiger partial charge in [0, 0.05) is 23.6 Å². The van der Waals surface area contributed by atoms with Crippen LogP contribution in [-0.2, 0) is 11.2 Å². The number of rotatable bonds is 9. The van der Waals surface area contributed by atoms with Gasteiger partial charge in [0.05, 0.1) is 5.92 Å². The number of aromatic nitrogens is 1. The Labute approximate surface area is 145 Å². The number of hydrogen-bond acceptors (Lipinski definition) is 3. The summed E-state index contributed by atoms with van der Waals surface area (Å²) in [7, 11) is 4.13. The van der Waals surface area contributed by atoms with Gasteiger partial charge in [-0.2, -0.15) is 0 Å². The Hall–Kier alpha value is -1.81. The summed E-state index contributed by atoms with van der Waals surface area (Å²) in [5.74, 6) is 0.593. The highest BCUT2D eigenvalue weighted by molar-refractivity contribution is 5.91. The van der Waals surface area contributed by atoms with E-state index in [0.717, 1.165) is 49.6 Å². The van der Waals surface area contributed by atoms with Crippen molar-refractivity contribution >= 4 is 16.9 Å². The quantitative estimate of drug-likeness (QED) is 0.548. The van der Waals surface area contributed by atoms with Gasteiger partial charge in [-0.25, -0.2) is 0 Å². The molecule has 1 N–H and O–H groups in total. The van der Waals surface area contributed by atoms with Crippen LogP contribution in [0.3, 0.4) is 0 Å². The van der Waals surface area contributed by atoms with Crippen molar-refractivity contribution in [2.45, 2.75) is 46.0 Å². The zero-order valence-electron chi connectivity index (χ0n) is 15.4. The van der Waals surface area contributed by atoms with E-state index in [9.17, 15) is 4.79 Å². The number of aromatic amines is 1. The summed E-state index contributed by atoms with van der Waals surface area (Å²) in [6.07, 6.45) is 6.74. The van der Waals surface area contributed by atoms with Crippen LogP contribution in [-0.4, -0.2) is 36.5 Å². The van der Waals surface area contributed by atoms with E-state index in [2.05, 4.69) is 37.8 Å². The Morgan fingerprint density at radius 3 is 2.54 bits per heavy atom. The Bertz CT molecular complexity index is 655. The molecule has 0 unspecified atom stereocenters. The van der Waals surface area contributed by atoms with Crippen LogP contribution in [0.15, 0.2) is 24.4 Å². The molecule has 0 spiro atoms. The second kappa shape index (κ2) is 8.88. The number of nitrogens with one attached hydrogen (secondary N) is 1. The number of carbonyl (C=O) groups excluding carboxylic acids is 1. The summed E-state index contributed by atoms with van der Waals surface area (Å²) < 4.78 is 5.83. The van der Waals surface area contributed by atoms with Gasteiger partial charge < -0.3 is 14.6 Å². The third-order valence-electron chi connectivity index (χ3n) is 4.40. The highest BCUT2D eigenvalue weighted by Gasteiger charge is 2.20. The van der Waals surface area contributed by atoms with Gasteiger partial charge in [-0.05, 0) is 51.1 Å². The normalized spacial score (nSPS) is 11.6. The van der Waals surface area contributed by atoms with Crippen LogP contribution in [0.25, 0.3) is 10.9 Å². The van der Waals surface area contributed by atoms with Gasteiger partial charge >= 0.3 is 5.97 Å². The minimum Gasteiger partial charge on any atom is -0.426 e. The first-order chi connectivity index (χ1) is 11.6. The molecule has 1 heterocycles. The molecule has 1 aromatic heterocycles. The topological polar surface area (TPSA) is 45.3 Å². The van der Waals surface area contributed by atoms with Crippen LogP contribution in [0, 0.1) is 5.92 Å². The van der Waals surface area contributed by atoms with Crippen molar-refractivity contribution in [3.8, 4) is 5.75 Å². The molecular formula is C20H30N2O2. The smallest absolute Gasteiger partial charge is 0.314 e. The second-order valence-electron chi connectivity index (χ2n) is 6.74. The summed E-state index contributed by atoms with van der Waals surface area (Å²) in [6.45, 7) is 5.19. The summed E-state index contributed by atoms with van der Waals surface area (Å²) in [5.41, 5.74) is 2.22. The Morgan fingerprint density at radius 1 is 1.21 bits per heavy atom. The van der Waals surface area contributed by atoms with Crippen molar-refractivity contribution in [3.63, 3.8) is 0 Å². The zero-order chi connectivity index (χ0) is 17.5. The zero-order valence-corrected chi connectivity index (χ0v) is 15.4. The molecule has 0 aliphatic carbocycles. The van der Waals surface area contributed by atoms with Crippen molar-refractivity contribution in [1.82, 2.24) is 9.88 Å². The van der Waals surface area contributed by atoms with E-state index < -0.39 is 0 Å². The van der Waals surface area contributed by atoms with Gasteiger partial charge in [0.25, 0.3) is 0 Å². The monoisotopic (exact) mass is 330 g/mol. The van der Waals surface area contributed by atoms with Gasteiger partial charge in [-0.15, -0.1) is 0 Å².